The third kappa shape index (κ3) is 5.67. The van der Waals surface area contributed by atoms with Gasteiger partial charge in [0.1, 0.15) is 0 Å². The summed E-state index contributed by atoms with van der Waals surface area (Å²) in [5.74, 6) is 0.352. The lowest BCUT2D eigenvalue weighted by atomic mass is 9.93. The number of amides is 1. The molecule has 1 aromatic carbocycles. The molecule has 1 aromatic heterocycles. The molecule has 0 spiro atoms. The van der Waals surface area contributed by atoms with E-state index >= 15 is 0 Å². The molecule has 6 nitrogen and oxygen atoms in total. The molecule has 2 saturated heterocycles. The first kappa shape index (κ1) is 20.1. The summed E-state index contributed by atoms with van der Waals surface area (Å²) in [6.45, 7) is 6.86. The fourth-order valence-electron chi connectivity index (χ4n) is 4.71. The number of hydrogen-bond acceptors (Lipinski definition) is 4. The standard InChI is InChI=1S/C23H33N5O/c29-23(25-11-16-27-15-10-24-19-27)21-7-4-12-28(18-21)22-8-13-26(14-9-22)17-20-5-2-1-3-6-20/h1-3,5-6,10,15,19,21-22H,4,7-9,11-14,16-18H2,(H,25,29)/t21-/m0/s1. The number of nitrogens with one attached hydrogen (secondary N) is 1. The van der Waals surface area contributed by atoms with Crippen LogP contribution in [0.2, 0.25) is 0 Å². The predicted octanol–water partition coefficient (Wildman–Crippen LogP) is 2.38. The summed E-state index contributed by atoms with van der Waals surface area (Å²) in [5.41, 5.74) is 1.40. The summed E-state index contributed by atoms with van der Waals surface area (Å²) in [6, 6.07) is 11.4. The lowest BCUT2D eigenvalue weighted by Crippen LogP contribution is -2.50. The van der Waals surface area contributed by atoms with Gasteiger partial charge in [-0.25, -0.2) is 4.98 Å². The molecular weight excluding hydrogens is 362 g/mol. The Balaban J connectivity index is 1.20. The highest BCUT2D eigenvalue weighted by molar-refractivity contribution is 5.78. The molecule has 3 heterocycles. The van der Waals surface area contributed by atoms with Crippen molar-refractivity contribution < 1.29 is 4.79 Å². The minimum atomic E-state index is 0.133. The molecule has 0 unspecified atom stereocenters. The van der Waals surface area contributed by atoms with Crippen molar-refractivity contribution in [2.75, 3.05) is 32.7 Å². The van der Waals surface area contributed by atoms with Crippen LogP contribution in [0.1, 0.15) is 31.2 Å². The SMILES string of the molecule is O=C(NCCn1ccnc1)[C@H]1CCCN(C2CCN(Cc3ccccc3)CC2)C1. The van der Waals surface area contributed by atoms with Crippen LogP contribution in [-0.4, -0.2) is 64.0 Å². The summed E-state index contributed by atoms with van der Waals surface area (Å²) < 4.78 is 2.00. The fourth-order valence-corrected chi connectivity index (χ4v) is 4.71. The van der Waals surface area contributed by atoms with Crippen molar-refractivity contribution in [1.29, 1.82) is 0 Å². The minimum absolute atomic E-state index is 0.133. The van der Waals surface area contributed by atoms with Gasteiger partial charge in [0.2, 0.25) is 5.91 Å². The van der Waals surface area contributed by atoms with Crippen LogP contribution in [-0.2, 0) is 17.9 Å². The molecule has 29 heavy (non-hydrogen) atoms. The zero-order valence-electron chi connectivity index (χ0n) is 17.2. The largest absolute Gasteiger partial charge is 0.354 e. The van der Waals surface area contributed by atoms with E-state index in [0.717, 1.165) is 52.1 Å². The Labute approximate surface area is 173 Å². The van der Waals surface area contributed by atoms with Crippen molar-refractivity contribution in [2.24, 2.45) is 5.92 Å². The smallest absolute Gasteiger partial charge is 0.224 e. The average molecular weight is 396 g/mol. The van der Waals surface area contributed by atoms with Gasteiger partial charge in [-0.15, -0.1) is 0 Å². The number of piperidine rings is 2. The second kappa shape index (κ2) is 10.0. The van der Waals surface area contributed by atoms with E-state index in [1.54, 1.807) is 12.5 Å². The number of carbonyl (C=O) groups excluding carboxylic acids is 1. The van der Waals surface area contributed by atoms with Gasteiger partial charge in [-0.2, -0.15) is 0 Å². The van der Waals surface area contributed by atoms with Crippen LogP contribution >= 0.6 is 0 Å². The Kier molecular flexibility index (Phi) is 6.96. The molecule has 2 aromatic rings. The van der Waals surface area contributed by atoms with Crippen LogP contribution in [0.5, 0.6) is 0 Å². The molecule has 0 radical (unpaired) electrons. The highest BCUT2D eigenvalue weighted by Gasteiger charge is 2.31. The average Bonchev–Trinajstić information content (AvgIpc) is 3.29. The summed E-state index contributed by atoms with van der Waals surface area (Å²) in [6.07, 6.45) is 10.1. The first-order chi connectivity index (χ1) is 14.3. The van der Waals surface area contributed by atoms with Crippen molar-refractivity contribution in [3.63, 3.8) is 0 Å². The number of aromatic nitrogens is 2. The van der Waals surface area contributed by atoms with E-state index in [1.165, 1.54) is 18.4 Å². The van der Waals surface area contributed by atoms with Crippen molar-refractivity contribution >= 4 is 5.91 Å². The quantitative estimate of drug-likeness (QED) is 0.782. The number of hydrogen-bond donors (Lipinski definition) is 1. The van der Waals surface area contributed by atoms with E-state index in [0.29, 0.717) is 12.6 Å². The molecule has 2 fully saturated rings. The van der Waals surface area contributed by atoms with Gasteiger partial charge >= 0.3 is 0 Å². The number of benzene rings is 1. The maximum atomic E-state index is 12.6. The lowest BCUT2D eigenvalue weighted by Gasteiger charge is -2.42. The number of rotatable bonds is 7. The number of nitrogens with zero attached hydrogens (tertiary/aromatic N) is 4. The Hall–Kier alpha value is -2.18. The van der Waals surface area contributed by atoms with E-state index in [9.17, 15) is 4.79 Å². The van der Waals surface area contributed by atoms with E-state index in [2.05, 4.69) is 50.4 Å². The van der Waals surface area contributed by atoms with Crippen LogP contribution in [0.3, 0.4) is 0 Å². The first-order valence-electron chi connectivity index (χ1n) is 11.0. The van der Waals surface area contributed by atoms with Gasteiger partial charge in [-0.05, 0) is 50.9 Å². The van der Waals surface area contributed by atoms with Crippen LogP contribution in [0.4, 0.5) is 0 Å². The molecule has 1 amide bonds. The minimum Gasteiger partial charge on any atom is -0.354 e. The molecule has 0 saturated carbocycles. The maximum absolute atomic E-state index is 12.6. The van der Waals surface area contributed by atoms with Crippen molar-refractivity contribution in [1.82, 2.24) is 24.7 Å². The van der Waals surface area contributed by atoms with E-state index in [-0.39, 0.29) is 11.8 Å². The molecule has 156 valence electrons. The molecule has 0 bridgehead atoms. The molecule has 1 N–H and O–H groups in total. The molecule has 1 atom stereocenters. The lowest BCUT2D eigenvalue weighted by molar-refractivity contribution is -0.127. The second-order valence-electron chi connectivity index (χ2n) is 8.42. The molecule has 6 heteroatoms. The second-order valence-corrected chi connectivity index (χ2v) is 8.42. The van der Waals surface area contributed by atoms with Crippen LogP contribution in [0.15, 0.2) is 49.1 Å². The summed E-state index contributed by atoms with van der Waals surface area (Å²) >= 11 is 0. The van der Waals surface area contributed by atoms with Gasteiger partial charge in [0.15, 0.2) is 0 Å². The van der Waals surface area contributed by atoms with E-state index < -0.39 is 0 Å². The summed E-state index contributed by atoms with van der Waals surface area (Å²) in [7, 11) is 0. The van der Waals surface area contributed by atoms with Gasteiger partial charge in [-0.1, -0.05) is 30.3 Å². The van der Waals surface area contributed by atoms with Gasteiger partial charge in [0.05, 0.1) is 12.2 Å². The third-order valence-corrected chi connectivity index (χ3v) is 6.37. The predicted molar refractivity (Wildman–Crippen MR) is 114 cm³/mol. The van der Waals surface area contributed by atoms with Crippen molar-refractivity contribution in [2.45, 2.75) is 44.8 Å². The maximum Gasteiger partial charge on any atom is 0.224 e. The molecule has 2 aliphatic rings. The fraction of sp³-hybridized carbons (Fsp3) is 0.565. The van der Waals surface area contributed by atoms with E-state index in [1.807, 2.05) is 10.8 Å². The molecule has 0 aliphatic carbocycles. The molecular formula is C23H33N5O. The topological polar surface area (TPSA) is 53.4 Å². The van der Waals surface area contributed by atoms with Gasteiger partial charge < -0.3 is 9.88 Å². The van der Waals surface area contributed by atoms with Gasteiger partial charge in [-0.3, -0.25) is 14.6 Å². The number of imidazole rings is 1. The first-order valence-corrected chi connectivity index (χ1v) is 11.0. The van der Waals surface area contributed by atoms with Crippen molar-refractivity contribution in [3.05, 3.63) is 54.6 Å². The van der Waals surface area contributed by atoms with Gasteiger partial charge in [0.25, 0.3) is 0 Å². The summed E-state index contributed by atoms with van der Waals surface area (Å²) in [5, 5.41) is 3.13. The van der Waals surface area contributed by atoms with Crippen LogP contribution in [0.25, 0.3) is 0 Å². The number of carbonyl (C=O) groups is 1. The normalized spacial score (nSPS) is 21.9. The Morgan fingerprint density at radius 2 is 1.93 bits per heavy atom. The molecule has 2 aliphatic heterocycles. The van der Waals surface area contributed by atoms with E-state index in [4.69, 9.17) is 0 Å². The Morgan fingerprint density at radius 3 is 2.69 bits per heavy atom. The monoisotopic (exact) mass is 395 g/mol. The number of likely N-dealkylation sites (tertiary alicyclic amines) is 2. The zero-order valence-corrected chi connectivity index (χ0v) is 17.2. The zero-order chi connectivity index (χ0) is 19.9. The third-order valence-electron chi connectivity index (χ3n) is 6.37. The van der Waals surface area contributed by atoms with Crippen LogP contribution in [0, 0.1) is 5.92 Å². The Morgan fingerprint density at radius 1 is 1.10 bits per heavy atom. The van der Waals surface area contributed by atoms with Crippen LogP contribution < -0.4 is 5.32 Å². The summed E-state index contributed by atoms with van der Waals surface area (Å²) in [4.78, 5) is 21.8. The highest BCUT2D eigenvalue weighted by Crippen LogP contribution is 2.24. The highest BCUT2D eigenvalue weighted by atomic mass is 16.1. The van der Waals surface area contributed by atoms with Crippen molar-refractivity contribution in [3.8, 4) is 0 Å². The Bertz CT molecular complexity index is 740. The van der Waals surface area contributed by atoms with Gasteiger partial charge in [0, 0.05) is 44.6 Å². The molecule has 4 rings (SSSR count).